The van der Waals surface area contributed by atoms with Crippen molar-refractivity contribution in [1.82, 2.24) is 20.5 Å². The molecule has 0 spiro atoms. The Balaban J connectivity index is 1.47. The molecule has 8 heteroatoms. The molecule has 0 aliphatic carbocycles. The van der Waals surface area contributed by atoms with Crippen molar-refractivity contribution in [3.8, 4) is 5.75 Å². The Morgan fingerprint density at radius 3 is 2.74 bits per heavy atom. The number of hydrogen-bond acceptors (Lipinski definition) is 7. The SMILES string of the molecule is CN1CCCC1CCNC(=O)Cc1cccc(CC(C)(C)NCC(O)c2ccc(O)c(CO)n2)c1. The molecule has 2 atom stereocenters. The predicted octanol–water partition coefficient (Wildman–Crippen LogP) is 2.07. The second kappa shape index (κ2) is 12.4. The van der Waals surface area contributed by atoms with E-state index in [0.29, 0.717) is 31.1 Å². The Morgan fingerprint density at radius 2 is 2.03 bits per heavy atom. The number of aromatic nitrogens is 1. The van der Waals surface area contributed by atoms with Crippen LogP contribution in [0.3, 0.4) is 0 Å². The third-order valence-electron chi connectivity index (χ3n) is 6.71. The molecule has 5 N–H and O–H groups in total. The molecular weight excluding hydrogens is 444 g/mol. The minimum atomic E-state index is -0.876. The maximum atomic E-state index is 12.4. The molecule has 1 aromatic carbocycles. The molecule has 35 heavy (non-hydrogen) atoms. The summed E-state index contributed by atoms with van der Waals surface area (Å²) in [6.07, 6.45) is 3.65. The monoisotopic (exact) mass is 484 g/mol. The van der Waals surface area contributed by atoms with Crippen LogP contribution in [0.15, 0.2) is 36.4 Å². The molecule has 3 rings (SSSR count). The number of amides is 1. The lowest BCUT2D eigenvalue weighted by Gasteiger charge is -2.28. The number of nitrogens with one attached hydrogen (secondary N) is 2. The molecule has 1 aliphatic heterocycles. The van der Waals surface area contributed by atoms with Gasteiger partial charge < -0.3 is 30.9 Å². The summed E-state index contributed by atoms with van der Waals surface area (Å²) < 4.78 is 0. The molecule has 1 aliphatic rings. The molecule has 1 saturated heterocycles. The molecule has 1 aromatic heterocycles. The molecule has 0 radical (unpaired) electrons. The topological polar surface area (TPSA) is 118 Å². The zero-order chi connectivity index (χ0) is 25.4. The van der Waals surface area contributed by atoms with Crippen molar-refractivity contribution in [3.63, 3.8) is 0 Å². The van der Waals surface area contributed by atoms with Gasteiger partial charge in [0.25, 0.3) is 0 Å². The molecular formula is C27H40N4O4. The lowest BCUT2D eigenvalue weighted by molar-refractivity contribution is -0.120. The van der Waals surface area contributed by atoms with E-state index in [0.717, 1.165) is 24.1 Å². The van der Waals surface area contributed by atoms with E-state index in [1.807, 2.05) is 18.2 Å². The fourth-order valence-electron chi connectivity index (χ4n) is 4.68. The third-order valence-corrected chi connectivity index (χ3v) is 6.71. The van der Waals surface area contributed by atoms with Gasteiger partial charge in [-0.2, -0.15) is 0 Å². The molecule has 1 fully saturated rings. The highest BCUT2D eigenvalue weighted by Gasteiger charge is 2.22. The maximum Gasteiger partial charge on any atom is 0.224 e. The van der Waals surface area contributed by atoms with Crippen LogP contribution in [0.25, 0.3) is 0 Å². The third kappa shape index (κ3) is 8.28. The lowest BCUT2D eigenvalue weighted by Crippen LogP contribution is -2.43. The van der Waals surface area contributed by atoms with Gasteiger partial charge >= 0.3 is 0 Å². The van der Waals surface area contributed by atoms with E-state index in [4.69, 9.17) is 0 Å². The van der Waals surface area contributed by atoms with Gasteiger partial charge in [-0.3, -0.25) is 4.79 Å². The Labute approximate surface area is 208 Å². The quantitative estimate of drug-likeness (QED) is 0.313. The summed E-state index contributed by atoms with van der Waals surface area (Å²) in [7, 11) is 2.15. The smallest absolute Gasteiger partial charge is 0.224 e. The number of nitrogens with zero attached hydrogens (tertiary/aromatic N) is 2. The summed E-state index contributed by atoms with van der Waals surface area (Å²) in [5.41, 5.74) is 2.32. The Bertz CT molecular complexity index is 981. The van der Waals surface area contributed by atoms with Crippen LogP contribution in [0.1, 0.15) is 61.7 Å². The summed E-state index contributed by atoms with van der Waals surface area (Å²) >= 11 is 0. The zero-order valence-electron chi connectivity index (χ0n) is 21.1. The second-order valence-corrected chi connectivity index (χ2v) is 10.2. The number of carbonyl (C=O) groups is 1. The first-order chi connectivity index (χ1) is 16.7. The van der Waals surface area contributed by atoms with Crippen LogP contribution >= 0.6 is 0 Å². The predicted molar refractivity (Wildman–Crippen MR) is 136 cm³/mol. The molecule has 0 bridgehead atoms. The highest BCUT2D eigenvalue weighted by molar-refractivity contribution is 5.78. The van der Waals surface area contributed by atoms with Crippen LogP contribution in [0.4, 0.5) is 0 Å². The Kier molecular flexibility index (Phi) is 9.63. The maximum absolute atomic E-state index is 12.4. The Hall–Kier alpha value is -2.52. The number of β-amino-alcohol motifs (C(OH)–C–C–N with tert-alkyl or cyclic N) is 1. The van der Waals surface area contributed by atoms with Crippen molar-refractivity contribution >= 4 is 5.91 Å². The lowest BCUT2D eigenvalue weighted by atomic mass is 9.93. The van der Waals surface area contributed by atoms with Gasteiger partial charge in [-0.1, -0.05) is 24.3 Å². The number of aliphatic hydroxyl groups excluding tert-OH is 2. The van der Waals surface area contributed by atoms with E-state index in [-0.39, 0.29) is 29.4 Å². The highest BCUT2D eigenvalue weighted by atomic mass is 16.3. The number of carbonyl (C=O) groups excluding carboxylic acids is 1. The largest absolute Gasteiger partial charge is 0.506 e. The van der Waals surface area contributed by atoms with Gasteiger partial charge in [-0.15, -0.1) is 0 Å². The van der Waals surface area contributed by atoms with Crippen molar-refractivity contribution in [1.29, 1.82) is 0 Å². The first kappa shape index (κ1) is 27.1. The van der Waals surface area contributed by atoms with Gasteiger partial charge in [0.15, 0.2) is 0 Å². The van der Waals surface area contributed by atoms with Crippen LogP contribution in [-0.2, 0) is 24.2 Å². The van der Waals surface area contributed by atoms with E-state index in [1.165, 1.54) is 18.9 Å². The van der Waals surface area contributed by atoms with Crippen LogP contribution in [-0.4, -0.2) is 69.4 Å². The number of rotatable bonds is 12. The summed E-state index contributed by atoms with van der Waals surface area (Å²) in [6.45, 7) is 5.85. The molecule has 8 nitrogen and oxygen atoms in total. The second-order valence-electron chi connectivity index (χ2n) is 10.2. The number of hydrogen-bond donors (Lipinski definition) is 5. The summed E-state index contributed by atoms with van der Waals surface area (Å²) in [5, 5.41) is 35.9. The first-order valence-corrected chi connectivity index (χ1v) is 12.4. The Morgan fingerprint density at radius 1 is 1.26 bits per heavy atom. The number of benzene rings is 1. The van der Waals surface area contributed by atoms with Gasteiger partial charge in [0.1, 0.15) is 17.5 Å². The minimum absolute atomic E-state index is 0.0481. The molecule has 1 amide bonds. The fourth-order valence-corrected chi connectivity index (χ4v) is 4.68. The van der Waals surface area contributed by atoms with Gasteiger partial charge in [0.05, 0.1) is 18.7 Å². The van der Waals surface area contributed by atoms with Crippen molar-refractivity contribution in [2.45, 2.75) is 70.2 Å². The van der Waals surface area contributed by atoms with Gasteiger partial charge in [-0.05, 0) is 76.4 Å². The van der Waals surface area contributed by atoms with E-state index < -0.39 is 12.7 Å². The average molecular weight is 485 g/mol. The number of aromatic hydroxyl groups is 1. The molecule has 2 heterocycles. The molecule has 192 valence electrons. The summed E-state index contributed by atoms with van der Waals surface area (Å²) in [6, 6.07) is 11.6. The van der Waals surface area contributed by atoms with E-state index >= 15 is 0 Å². The molecule has 2 unspecified atom stereocenters. The van der Waals surface area contributed by atoms with Crippen LogP contribution in [0.5, 0.6) is 5.75 Å². The molecule has 0 saturated carbocycles. The van der Waals surface area contributed by atoms with Gasteiger partial charge in [0.2, 0.25) is 5.91 Å². The van der Waals surface area contributed by atoms with Crippen LogP contribution in [0.2, 0.25) is 0 Å². The van der Waals surface area contributed by atoms with Crippen molar-refractivity contribution < 1.29 is 20.1 Å². The number of aliphatic hydroxyl groups is 2. The molecule has 2 aromatic rings. The van der Waals surface area contributed by atoms with Crippen molar-refractivity contribution in [3.05, 3.63) is 58.9 Å². The number of likely N-dealkylation sites (tertiary alicyclic amines) is 1. The van der Waals surface area contributed by atoms with Crippen LogP contribution in [0, 0.1) is 0 Å². The van der Waals surface area contributed by atoms with Crippen LogP contribution < -0.4 is 10.6 Å². The van der Waals surface area contributed by atoms with Crippen molar-refractivity contribution in [2.24, 2.45) is 0 Å². The standard InChI is InChI=1S/C27H40N4O4/c1-27(2,29-17-25(34)22-9-10-24(33)23(18-32)30-22)16-20-7-4-6-19(14-20)15-26(35)28-12-11-21-8-5-13-31(21)3/h4,6-7,9-10,14,21,25,29,32-34H,5,8,11-13,15-18H2,1-3H3,(H,28,35). The highest BCUT2D eigenvalue weighted by Crippen LogP contribution is 2.20. The van der Waals surface area contributed by atoms with Gasteiger partial charge in [0, 0.05) is 24.7 Å². The zero-order valence-corrected chi connectivity index (χ0v) is 21.1. The normalized spacial score (nSPS) is 17.5. The number of pyridine rings is 1. The first-order valence-electron chi connectivity index (χ1n) is 12.4. The fraction of sp³-hybridized carbons (Fsp3) is 0.556. The summed E-state index contributed by atoms with van der Waals surface area (Å²) in [5.74, 6) is -0.0429. The van der Waals surface area contributed by atoms with E-state index in [2.05, 4.69) is 47.5 Å². The minimum Gasteiger partial charge on any atom is -0.506 e. The van der Waals surface area contributed by atoms with Gasteiger partial charge in [-0.25, -0.2) is 4.98 Å². The van der Waals surface area contributed by atoms with E-state index in [1.54, 1.807) is 6.07 Å². The average Bonchev–Trinajstić information content (AvgIpc) is 3.22. The van der Waals surface area contributed by atoms with Crippen molar-refractivity contribution in [2.75, 3.05) is 26.7 Å². The van der Waals surface area contributed by atoms with E-state index in [9.17, 15) is 20.1 Å². The summed E-state index contributed by atoms with van der Waals surface area (Å²) in [4.78, 5) is 18.9.